The predicted molar refractivity (Wildman–Crippen MR) is 76.4 cm³/mol. The first-order chi connectivity index (χ1) is 9.65. The molecule has 0 bridgehead atoms. The molecule has 5 nitrogen and oxygen atoms in total. The molecule has 20 heavy (non-hydrogen) atoms. The summed E-state index contributed by atoms with van der Waals surface area (Å²) >= 11 is 0. The van der Waals surface area contributed by atoms with Gasteiger partial charge in [-0.2, -0.15) is 4.98 Å². The lowest BCUT2D eigenvalue weighted by molar-refractivity contribution is 0.240. The van der Waals surface area contributed by atoms with Crippen LogP contribution in [0.2, 0.25) is 0 Å². The Kier molecular flexibility index (Phi) is 5.12. The molecule has 1 aromatic heterocycles. The molecule has 108 valence electrons. The Morgan fingerprint density at radius 3 is 2.80 bits per heavy atom. The Morgan fingerprint density at radius 1 is 1.30 bits per heavy atom. The average molecular weight is 275 g/mol. The van der Waals surface area contributed by atoms with E-state index in [0.717, 1.165) is 24.4 Å². The number of aromatic nitrogens is 2. The minimum Gasteiger partial charge on any atom is -0.483 e. The standard InChI is InChI=1S/C15H21N3O2/c1-11(2)8-16-9-13-6-4-5-7-14(13)19-10-15-17-12(3)18-20-15/h4-7,11,16H,8-10H2,1-3H3. The molecule has 1 aromatic carbocycles. The summed E-state index contributed by atoms with van der Waals surface area (Å²) in [6, 6.07) is 7.98. The largest absolute Gasteiger partial charge is 0.483 e. The lowest BCUT2D eigenvalue weighted by Crippen LogP contribution is -2.19. The van der Waals surface area contributed by atoms with Gasteiger partial charge >= 0.3 is 0 Å². The number of aryl methyl sites for hydroxylation is 1. The van der Waals surface area contributed by atoms with Crippen LogP contribution in [-0.4, -0.2) is 16.7 Å². The Hall–Kier alpha value is -1.88. The smallest absolute Gasteiger partial charge is 0.264 e. The number of para-hydroxylation sites is 1. The van der Waals surface area contributed by atoms with E-state index in [1.54, 1.807) is 6.92 Å². The van der Waals surface area contributed by atoms with Crippen LogP contribution in [0.3, 0.4) is 0 Å². The van der Waals surface area contributed by atoms with Gasteiger partial charge in [-0.15, -0.1) is 0 Å². The van der Waals surface area contributed by atoms with Crippen molar-refractivity contribution in [3.63, 3.8) is 0 Å². The van der Waals surface area contributed by atoms with Crippen LogP contribution in [-0.2, 0) is 13.2 Å². The minimum absolute atomic E-state index is 0.294. The van der Waals surface area contributed by atoms with Crippen molar-refractivity contribution in [3.05, 3.63) is 41.5 Å². The predicted octanol–water partition coefficient (Wildman–Crippen LogP) is 2.70. The maximum Gasteiger partial charge on any atom is 0.264 e. The van der Waals surface area contributed by atoms with Crippen LogP contribution in [0.4, 0.5) is 0 Å². The molecular formula is C15H21N3O2. The van der Waals surface area contributed by atoms with Gasteiger partial charge in [0.15, 0.2) is 12.4 Å². The van der Waals surface area contributed by atoms with Crippen molar-refractivity contribution in [3.8, 4) is 5.75 Å². The lowest BCUT2D eigenvalue weighted by Gasteiger charge is -2.12. The number of benzene rings is 1. The Morgan fingerprint density at radius 2 is 2.10 bits per heavy atom. The fraction of sp³-hybridized carbons (Fsp3) is 0.467. The van der Waals surface area contributed by atoms with Crippen molar-refractivity contribution in [1.82, 2.24) is 15.5 Å². The Labute approximate surface area is 119 Å². The van der Waals surface area contributed by atoms with Gasteiger partial charge in [0.05, 0.1) is 0 Å². The highest BCUT2D eigenvalue weighted by Crippen LogP contribution is 2.19. The molecule has 0 aliphatic rings. The minimum atomic E-state index is 0.294. The highest BCUT2D eigenvalue weighted by Gasteiger charge is 2.07. The van der Waals surface area contributed by atoms with Gasteiger partial charge in [0.2, 0.25) is 0 Å². The zero-order valence-corrected chi connectivity index (χ0v) is 12.2. The number of nitrogens with zero attached hydrogens (tertiary/aromatic N) is 2. The third-order valence-corrected chi connectivity index (χ3v) is 2.76. The van der Waals surface area contributed by atoms with E-state index in [1.807, 2.05) is 18.2 Å². The maximum atomic E-state index is 5.76. The molecule has 0 amide bonds. The van der Waals surface area contributed by atoms with Gasteiger partial charge in [-0.1, -0.05) is 37.2 Å². The molecule has 0 spiro atoms. The summed E-state index contributed by atoms with van der Waals surface area (Å²) in [7, 11) is 0. The molecule has 0 fully saturated rings. The molecule has 1 N–H and O–H groups in total. The van der Waals surface area contributed by atoms with Gasteiger partial charge in [0.25, 0.3) is 5.89 Å². The third-order valence-electron chi connectivity index (χ3n) is 2.76. The van der Waals surface area contributed by atoms with E-state index in [1.165, 1.54) is 0 Å². The fourth-order valence-corrected chi connectivity index (χ4v) is 1.82. The summed E-state index contributed by atoms with van der Waals surface area (Å²) in [5, 5.41) is 7.15. The van der Waals surface area contributed by atoms with Gasteiger partial charge in [-0.05, 0) is 25.5 Å². The van der Waals surface area contributed by atoms with Crippen LogP contribution in [0.25, 0.3) is 0 Å². The highest BCUT2D eigenvalue weighted by atomic mass is 16.5. The van der Waals surface area contributed by atoms with E-state index >= 15 is 0 Å². The summed E-state index contributed by atoms with van der Waals surface area (Å²) in [6.07, 6.45) is 0. The van der Waals surface area contributed by atoms with Crippen molar-refractivity contribution in [2.24, 2.45) is 5.92 Å². The van der Waals surface area contributed by atoms with E-state index in [-0.39, 0.29) is 0 Å². The molecule has 2 aromatic rings. The van der Waals surface area contributed by atoms with Gasteiger partial charge in [0, 0.05) is 12.1 Å². The van der Waals surface area contributed by atoms with Crippen LogP contribution >= 0.6 is 0 Å². The van der Waals surface area contributed by atoms with E-state index in [2.05, 4.69) is 35.4 Å². The molecule has 0 saturated heterocycles. The molecule has 0 radical (unpaired) electrons. The molecule has 0 unspecified atom stereocenters. The van der Waals surface area contributed by atoms with Gasteiger partial charge in [0.1, 0.15) is 5.75 Å². The summed E-state index contributed by atoms with van der Waals surface area (Å²) in [6.45, 7) is 8.23. The van der Waals surface area contributed by atoms with E-state index in [9.17, 15) is 0 Å². The Bertz CT molecular complexity index is 537. The van der Waals surface area contributed by atoms with E-state index in [0.29, 0.717) is 24.2 Å². The molecule has 1 heterocycles. The van der Waals surface area contributed by atoms with Crippen molar-refractivity contribution >= 4 is 0 Å². The molecule has 2 rings (SSSR count). The van der Waals surface area contributed by atoms with Crippen molar-refractivity contribution in [2.75, 3.05) is 6.54 Å². The lowest BCUT2D eigenvalue weighted by atomic mass is 10.2. The molecule has 5 heteroatoms. The molecule has 0 aliphatic carbocycles. The molecule has 0 aliphatic heterocycles. The maximum absolute atomic E-state index is 5.76. The average Bonchev–Trinajstić information content (AvgIpc) is 2.83. The second-order valence-corrected chi connectivity index (χ2v) is 5.16. The highest BCUT2D eigenvalue weighted by molar-refractivity contribution is 5.33. The Balaban J connectivity index is 1.93. The zero-order valence-electron chi connectivity index (χ0n) is 12.2. The summed E-state index contributed by atoms with van der Waals surface area (Å²) in [5.41, 5.74) is 1.13. The van der Waals surface area contributed by atoms with Crippen molar-refractivity contribution in [2.45, 2.75) is 33.9 Å². The zero-order chi connectivity index (χ0) is 14.4. The second-order valence-electron chi connectivity index (χ2n) is 5.16. The third kappa shape index (κ3) is 4.35. The molecule has 0 atom stereocenters. The van der Waals surface area contributed by atoms with Crippen LogP contribution in [0.5, 0.6) is 5.75 Å². The number of nitrogens with one attached hydrogen (secondary N) is 1. The number of hydrogen-bond donors (Lipinski definition) is 1. The van der Waals surface area contributed by atoms with Gasteiger partial charge < -0.3 is 14.6 Å². The van der Waals surface area contributed by atoms with E-state index < -0.39 is 0 Å². The number of ether oxygens (including phenoxy) is 1. The first-order valence-electron chi connectivity index (χ1n) is 6.85. The van der Waals surface area contributed by atoms with Crippen LogP contribution in [0.1, 0.15) is 31.1 Å². The van der Waals surface area contributed by atoms with E-state index in [4.69, 9.17) is 9.26 Å². The number of rotatable bonds is 7. The molecule has 0 saturated carbocycles. The van der Waals surface area contributed by atoms with Crippen LogP contribution in [0.15, 0.2) is 28.8 Å². The van der Waals surface area contributed by atoms with Crippen molar-refractivity contribution in [1.29, 1.82) is 0 Å². The first-order valence-corrected chi connectivity index (χ1v) is 6.85. The summed E-state index contributed by atoms with van der Waals surface area (Å²) < 4.78 is 10.8. The van der Waals surface area contributed by atoms with Gasteiger partial charge in [-0.25, -0.2) is 0 Å². The summed E-state index contributed by atoms with van der Waals surface area (Å²) in [5.74, 6) is 2.59. The quantitative estimate of drug-likeness (QED) is 0.842. The first kappa shape index (κ1) is 14.5. The van der Waals surface area contributed by atoms with Crippen LogP contribution < -0.4 is 10.1 Å². The second kappa shape index (κ2) is 7.05. The van der Waals surface area contributed by atoms with Crippen LogP contribution in [0, 0.1) is 12.8 Å². The number of hydrogen-bond acceptors (Lipinski definition) is 5. The molecular weight excluding hydrogens is 254 g/mol. The SMILES string of the molecule is Cc1noc(COc2ccccc2CNCC(C)C)n1. The normalized spacial score (nSPS) is 11.0. The van der Waals surface area contributed by atoms with Gasteiger partial charge in [-0.3, -0.25) is 0 Å². The monoisotopic (exact) mass is 275 g/mol. The topological polar surface area (TPSA) is 60.2 Å². The summed E-state index contributed by atoms with van der Waals surface area (Å²) in [4.78, 5) is 4.12. The fourth-order valence-electron chi connectivity index (χ4n) is 1.82. The van der Waals surface area contributed by atoms with Crippen molar-refractivity contribution < 1.29 is 9.26 Å².